The van der Waals surface area contributed by atoms with Crippen LogP contribution in [0.3, 0.4) is 0 Å². The number of hydrogen-bond acceptors (Lipinski definition) is 5. The number of nitrogens with zero attached hydrogens (tertiary/aromatic N) is 2. The molecule has 6 nitrogen and oxygen atoms in total. The molecule has 6 heteroatoms. The minimum Gasteiger partial charge on any atom is -0.457 e. The highest BCUT2D eigenvalue weighted by Crippen LogP contribution is 2.34. The largest absolute Gasteiger partial charge is 0.457 e. The molecular formula is C26H22N2O4. The highest BCUT2D eigenvalue weighted by molar-refractivity contribution is 6.01. The Morgan fingerprint density at radius 2 is 1.72 bits per heavy atom. The van der Waals surface area contributed by atoms with Crippen LogP contribution < -0.4 is 5.56 Å². The molecule has 0 amide bonds. The van der Waals surface area contributed by atoms with Crippen molar-refractivity contribution in [1.82, 2.24) is 9.55 Å². The summed E-state index contributed by atoms with van der Waals surface area (Å²) in [4.78, 5) is 42.3. The van der Waals surface area contributed by atoms with E-state index in [4.69, 9.17) is 4.74 Å². The number of fused-ring (bicyclic) bond motifs is 2. The maximum absolute atomic E-state index is 12.9. The van der Waals surface area contributed by atoms with E-state index in [9.17, 15) is 14.4 Å². The summed E-state index contributed by atoms with van der Waals surface area (Å²) in [6.45, 7) is -0.308. The van der Waals surface area contributed by atoms with Crippen molar-refractivity contribution in [3.05, 3.63) is 88.5 Å². The number of rotatable bonds is 7. The number of hydrogen-bond donors (Lipinski definition) is 0. The molecule has 1 aromatic heterocycles. The lowest BCUT2D eigenvalue weighted by Crippen LogP contribution is -2.25. The van der Waals surface area contributed by atoms with Gasteiger partial charge in [0.2, 0.25) is 0 Å². The van der Waals surface area contributed by atoms with E-state index in [0.717, 1.165) is 23.6 Å². The molecular weight excluding hydrogens is 404 g/mol. The van der Waals surface area contributed by atoms with Gasteiger partial charge in [0, 0.05) is 18.0 Å². The third kappa shape index (κ3) is 4.04. The predicted molar refractivity (Wildman–Crippen MR) is 122 cm³/mol. The third-order valence-electron chi connectivity index (χ3n) is 5.78. The summed E-state index contributed by atoms with van der Waals surface area (Å²) in [5.41, 5.74) is 1.08. The number of carbonyl (C=O) groups excluding carboxylic acids is 2. The number of para-hydroxylation sites is 1. The first-order chi connectivity index (χ1) is 15.6. The average Bonchev–Trinajstić information content (AvgIpc) is 3.66. The Labute approximate surface area is 184 Å². The van der Waals surface area contributed by atoms with Gasteiger partial charge >= 0.3 is 5.97 Å². The normalized spacial score (nSPS) is 13.4. The molecule has 0 N–H and O–H groups in total. The van der Waals surface area contributed by atoms with E-state index in [1.54, 1.807) is 28.8 Å². The zero-order chi connectivity index (χ0) is 22.1. The molecule has 32 heavy (non-hydrogen) atoms. The molecule has 0 aliphatic heterocycles. The van der Waals surface area contributed by atoms with Gasteiger partial charge in [-0.15, -0.1) is 0 Å². The fourth-order valence-corrected chi connectivity index (χ4v) is 3.96. The van der Waals surface area contributed by atoms with Crippen LogP contribution >= 0.6 is 0 Å². The van der Waals surface area contributed by atoms with Gasteiger partial charge in [-0.05, 0) is 41.8 Å². The summed E-state index contributed by atoms with van der Waals surface area (Å²) in [6.07, 6.45) is 2.23. The van der Waals surface area contributed by atoms with E-state index in [2.05, 4.69) is 4.98 Å². The first-order valence-electron chi connectivity index (χ1n) is 10.8. The Kier molecular flexibility index (Phi) is 5.27. The van der Waals surface area contributed by atoms with Crippen molar-refractivity contribution in [2.75, 3.05) is 6.61 Å². The monoisotopic (exact) mass is 426 g/mol. The highest BCUT2D eigenvalue weighted by atomic mass is 16.5. The fraction of sp³-hybridized carbons (Fsp3) is 0.231. The summed E-state index contributed by atoms with van der Waals surface area (Å²) in [7, 11) is 0. The van der Waals surface area contributed by atoms with Crippen LogP contribution in [0.5, 0.6) is 0 Å². The number of esters is 1. The van der Waals surface area contributed by atoms with E-state index >= 15 is 0 Å². The maximum atomic E-state index is 12.9. The first-order valence-corrected chi connectivity index (χ1v) is 10.8. The maximum Gasteiger partial charge on any atom is 0.306 e. The number of ketones is 1. The summed E-state index contributed by atoms with van der Waals surface area (Å²) in [5, 5.41) is 2.60. The van der Waals surface area contributed by atoms with E-state index in [1.165, 1.54) is 0 Å². The quantitative estimate of drug-likeness (QED) is 0.326. The van der Waals surface area contributed by atoms with Crippen molar-refractivity contribution in [2.45, 2.75) is 31.7 Å². The molecule has 1 fully saturated rings. The lowest BCUT2D eigenvalue weighted by molar-refractivity contribution is -0.142. The highest BCUT2D eigenvalue weighted by Gasteiger charge is 2.28. The number of aryl methyl sites for hydroxylation is 1. The molecule has 0 spiro atoms. The lowest BCUT2D eigenvalue weighted by atomic mass is 10.0. The third-order valence-corrected chi connectivity index (χ3v) is 5.78. The van der Waals surface area contributed by atoms with Gasteiger partial charge < -0.3 is 4.74 Å². The van der Waals surface area contributed by atoms with Crippen LogP contribution in [0.1, 0.15) is 41.5 Å². The topological polar surface area (TPSA) is 78.3 Å². The predicted octanol–water partition coefficient (Wildman–Crippen LogP) is 4.24. The molecule has 3 aromatic carbocycles. The van der Waals surface area contributed by atoms with Crippen LogP contribution in [0.4, 0.5) is 0 Å². The van der Waals surface area contributed by atoms with Crippen molar-refractivity contribution in [3.8, 4) is 0 Å². The SMILES string of the molecule is O=C(CCc1nc2ccccc2c(=O)n1C1CC1)OCC(=O)c1ccc2ccccc2c1. The molecule has 160 valence electrons. The van der Waals surface area contributed by atoms with Crippen molar-refractivity contribution in [1.29, 1.82) is 0 Å². The molecule has 0 atom stereocenters. The smallest absolute Gasteiger partial charge is 0.306 e. The number of benzene rings is 3. The standard InChI is InChI=1S/C26H22N2O4/c29-23(19-10-9-17-5-1-2-6-18(17)15-19)16-32-25(30)14-13-24-27-22-8-4-3-7-21(22)26(31)28(24)20-11-12-20/h1-10,15,20H,11-14,16H2. The molecule has 0 radical (unpaired) electrons. The van der Waals surface area contributed by atoms with Gasteiger partial charge in [0.25, 0.3) is 5.56 Å². The minimum atomic E-state index is -0.483. The van der Waals surface area contributed by atoms with Crippen LogP contribution in [0, 0.1) is 0 Å². The molecule has 0 bridgehead atoms. The van der Waals surface area contributed by atoms with Crippen LogP contribution in [0.15, 0.2) is 71.5 Å². The van der Waals surface area contributed by atoms with Crippen molar-refractivity contribution in [2.24, 2.45) is 0 Å². The molecule has 1 saturated carbocycles. The Bertz CT molecular complexity index is 1400. The van der Waals surface area contributed by atoms with Crippen molar-refractivity contribution in [3.63, 3.8) is 0 Å². The van der Waals surface area contributed by atoms with Gasteiger partial charge in [-0.3, -0.25) is 19.0 Å². The van der Waals surface area contributed by atoms with Crippen molar-refractivity contribution >= 4 is 33.4 Å². The Balaban J connectivity index is 1.25. The molecule has 0 unspecified atom stereocenters. The van der Waals surface area contributed by atoms with E-state index < -0.39 is 5.97 Å². The fourth-order valence-electron chi connectivity index (χ4n) is 3.96. The van der Waals surface area contributed by atoms with E-state index in [1.807, 2.05) is 42.5 Å². The van der Waals surface area contributed by atoms with Gasteiger partial charge in [0.15, 0.2) is 12.4 Å². The molecule has 1 aliphatic carbocycles. The second-order valence-corrected chi connectivity index (χ2v) is 8.10. The Morgan fingerprint density at radius 3 is 2.53 bits per heavy atom. The van der Waals surface area contributed by atoms with E-state index in [0.29, 0.717) is 28.7 Å². The van der Waals surface area contributed by atoms with Crippen LogP contribution in [0.2, 0.25) is 0 Å². The number of carbonyl (C=O) groups is 2. The zero-order valence-electron chi connectivity index (χ0n) is 17.5. The Hall–Kier alpha value is -3.80. The molecule has 4 aromatic rings. The van der Waals surface area contributed by atoms with E-state index in [-0.39, 0.29) is 30.4 Å². The Morgan fingerprint density at radius 1 is 0.969 bits per heavy atom. The molecule has 1 aliphatic rings. The minimum absolute atomic E-state index is 0.0580. The average molecular weight is 426 g/mol. The van der Waals surface area contributed by atoms with Crippen LogP contribution in [0.25, 0.3) is 21.7 Å². The summed E-state index contributed by atoms with van der Waals surface area (Å²) >= 11 is 0. The van der Waals surface area contributed by atoms with Crippen LogP contribution in [-0.4, -0.2) is 27.9 Å². The zero-order valence-corrected chi connectivity index (χ0v) is 17.5. The second kappa shape index (κ2) is 8.38. The number of aromatic nitrogens is 2. The number of ether oxygens (including phenoxy) is 1. The van der Waals surface area contributed by atoms with Gasteiger partial charge in [-0.2, -0.15) is 0 Å². The summed E-state index contributed by atoms with van der Waals surface area (Å²) in [5.74, 6) is -0.138. The second-order valence-electron chi connectivity index (χ2n) is 8.10. The molecule has 5 rings (SSSR count). The summed E-state index contributed by atoms with van der Waals surface area (Å²) < 4.78 is 6.94. The molecule has 1 heterocycles. The molecule has 0 saturated heterocycles. The van der Waals surface area contributed by atoms with Crippen LogP contribution in [-0.2, 0) is 16.0 Å². The first kappa shape index (κ1) is 20.1. The van der Waals surface area contributed by atoms with Crippen molar-refractivity contribution < 1.29 is 14.3 Å². The van der Waals surface area contributed by atoms with Gasteiger partial charge in [0.1, 0.15) is 5.82 Å². The summed E-state index contributed by atoms with van der Waals surface area (Å²) in [6, 6.07) is 20.6. The van der Waals surface area contributed by atoms with Gasteiger partial charge in [-0.25, -0.2) is 4.98 Å². The van der Waals surface area contributed by atoms with Gasteiger partial charge in [-0.1, -0.05) is 48.5 Å². The number of Topliss-reactive ketones (excluding diaryl/α,β-unsaturated/α-hetero) is 1. The van der Waals surface area contributed by atoms with Gasteiger partial charge in [0.05, 0.1) is 17.3 Å². The lowest BCUT2D eigenvalue weighted by Gasteiger charge is -2.12.